The van der Waals surface area contributed by atoms with Crippen molar-refractivity contribution in [3.8, 4) is 0 Å². The zero-order valence-electron chi connectivity index (χ0n) is 13.2. The first kappa shape index (κ1) is 22.0. The van der Waals surface area contributed by atoms with E-state index in [1.54, 1.807) is 0 Å². The number of rotatable bonds is 6. The molecular weight excluding hydrogens is 389 g/mol. The summed E-state index contributed by atoms with van der Waals surface area (Å²) in [5.74, 6) is -16.3. The van der Waals surface area contributed by atoms with E-state index in [1.807, 2.05) is 0 Å². The van der Waals surface area contributed by atoms with E-state index >= 15 is 0 Å². The molecule has 0 aromatic heterocycles. The lowest BCUT2D eigenvalue weighted by atomic mass is 9.92. The van der Waals surface area contributed by atoms with Crippen LogP contribution in [0.5, 0.6) is 0 Å². The molecule has 146 valence electrons. The van der Waals surface area contributed by atoms with Crippen molar-refractivity contribution in [2.45, 2.75) is 18.0 Å². The lowest BCUT2D eigenvalue weighted by Crippen LogP contribution is -2.54. The molecule has 0 aliphatic rings. The summed E-state index contributed by atoms with van der Waals surface area (Å²) in [7, 11) is 0.616. The third-order valence-corrected chi connectivity index (χ3v) is 3.16. The van der Waals surface area contributed by atoms with Crippen LogP contribution in [0.15, 0.2) is 42.0 Å². The summed E-state index contributed by atoms with van der Waals surface area (Å²) in [6.45, 7) is 0. The van der Waals surface area contributed by atoms with E-state index in [0.29, 0.717) is 7.11 Å². The molecule has 1 aromatic rings. The van der Waals surface area contributed by atoms with Gasteiger partial charge in [0.05, 0.1) is 7.11 Å². The Bertz CT molecular complexity index is 810. The number of ketones is 1. The highest BCUT2D eigenvalue weighted by atomic mass is 19.4. The van der Waals surface area contributed by atoms with Gasteiger partial charge in [0.1, 0.15) is 5.57 Å². The average molecular weight is 398 g/mol. The molecule has 12 heteroatoms. The van der Waals surface area contributed by atoms with Crippen molar-refractivity contribution in [1.29, 1.82) is 0 Å². The van der Waals surface area contributed by atoms with Crippen LogP contribution >= 0.6 is 0 Å². The Hall–Kier alpha value is -3.01. The third-order valence-electron chi connectivity index (χ3n) is 3.16. The molecule has 1 aromatic carbocycles. The van der Waals surface area contributed by atoms with Gasteiger partial charge >= 0.3 is 29.7 Å². The van der Waals surface area contributed by atoms with E-state index in [9.17, 15) is 40.3 Å². The minimum Gasteiger partial charge on any atom is -0.466 e. The van der Waals surface area contributed by atoms with Crippen LogP contribution in [-0.2, 0) is 9.53 Å². The first-order valence-corrected chi connectivity index (χ1v) is 6.76. The second-order valence-electron chi connectivity index (χ2n) is 4.87. The van der Waals surface area contributed by atoms with Gasteiger partial charge in [0.15, 0.2) is 0 Å². The van der Waals surface area contributed by atoms with Crippen LogP contribution in [0.3, 0.4) is 0 Å². The fourth-order valence-electron chi connectivity index (χ4n) is 1.78. The highest BCUT2D eigenvalue weighted by molar-refractivity contribution is 6.50. The number of ether oxygens (including phenoxy) is 1. The van der Waals surface area contributed by atoms with Crippen LogP contribution in [0.1, 0.15) is 10.4 Å². The number of esters is 1. The topological polar surface area (TPSA) is 79.8 Å². The molecule has 0 radical (unpaired) electrons. The fourth-order valence-corrected chi connectivity index (χ4v) is 1.78. The highest BCUT2D eigenvalue weighted by Crippen LogP contribution is 2.50. The largest absolute Gasteiger partial charge is 0.466 e. The standard InChI is InChI=1S/C15H9F7N2O3/c1-27-10(25)7-9(13(16,17)14(18,19)15(20,21)22)11(24-23)12(26)8-5-3-2-4-6-8/h2-7H,1H3/b9-7+. The molecular formula is C15H9F7N2O3. The normalized spacial score (nSPS) is 13.0. The summed E-state index contributed by atoms with van der Waals surface area (Å²) in [4.78, 5) is 25.5. The number of hydrogen-bond donors (Lipinski definition) is 0. The van der Waals surface area contributed by atoms with Crippen LogP contribution in [0.25, 0.3) is 5.53 Å². The Labute approximate surface area is 146 Å². The lowest BCUT2D eigenvalue weighted by molar-refractivity contribution is -0.343. The number of carbonyl (C=O) groups excluding carboxylic acids is 2. The summed E-state index contributed by atoms with van der Waals surface area (Å²) in [5, 5.41) is 0. The zero-order chi connectivity index (χ0) is 21.0. The van der Waals surface area contributed by atoms with Crippen molar-refractivity contribution in [3.63, 3.8) is 0 Å². The summed E-state index contributed by atoms with van der Waals surface area (Å²) >= 11 is 0. The van der Waals surface area contributed by atoms with Gasteiger partial charge in [-0.25, -0.2) is 4.79 Å². The summed E-state index contributed by atoms with van der Waals surface area (Å²) in [6.07, 6.45) is -7.22. The Morgan fingerprint density at radius 3 is 1.96 bits per heavy atom. The Morgan fingerprint density at radius 2 is 1.56 bits per heavy atom. The second kappa shape index (κ2) is 7.70. The first-order valence-electron chi connectivity index (χ1n) is 6.76. The Morgan fingerprint density at radius 1 is 1.04 bits per heavy atom. The van der Waals surface area contributed by atoms with Crippen LogP contribution in [0.2, 0.25) is 0 Å². The van der Waals surface area contributed by atoms with Gasteiger partial charge < -0.3 is 10.3 Å². The van der Waals surface area contributed by atoms with E-state index in [1.165, 1.54) is 18.2 Å². The minimum absolute atomic E-state index is 0.477. The Balaban J connectivity index is 3.67. The number of allylic oxidation sites excluding steroid dienone is 1. The van der Waals surface area contributed by atoms with Crippen molar-refractivity contribution < 1.29 is 49.8 Å². The van der Waals surface area contributed by atoms with Crippen LogP contribution in [-0.4, -0.2) is 47.4 Å². The van der Waals surface area contributed by atoms with E-state index in [2.05, 4.69) is 9.53 Å². The number of halogens is 7. The molecule has 0 fully saturated rings. The predicted octanol–water partition coefficient (Wildman–Crippen LogP) is 3.47. The van der Waals surface area contributed by atoms with Crippen molar-refractivity contribution in [2.24, 2.45) is 0 Å². The van der Waals surface area contributed by atoms with Gasteiger partial charge in [-0.3, -0.25) is 4.79 Å². The zero-order valence-corrected chi connectivity index (χ0v) is 13.2. The van der Waals surface area contributed by atoms with Gasteiger partial charge in [0.2, 0.25) is 0 Å². The molecule has 0 bridgehead atoms. The predicted molar refractivity (Wildman–Crippen MR) is 75.4 cm³/mol. The molecule has 0 amide bonds. The third kappa shape index (κ3) is 4.22. The van der Waals surface area contributed by atoms with E-state index in [-0.39, 0.29) is 0 Å². The smallest absolute Gasteiger partial charge is 0.460 e. The van der Waals surface area contributed by atoms with Crippen LogP contribution in [0, 0.1) is 0 Å². The van der Waals surface area contributed by atoms with Gasteiger partial charge in [0, 0.05) is 11.6 Å². The maximum Gasteiger partial charge on any atom is 0.460 e. The SMILES string of the molecule is COC(=O)/C=C(\C(=[N+]=[N-])C(=O)c1ccccc1)C(F)(F)C(F)(F)C(F)(F)F. The molecule has 1 rings (SSSR count). The van der Waals surface area contributed by atoms with Gasteiger partial charge in [0.25, 0.3) is 5.78 Å². The van der Waals surface area contributed by atoms with Crippen molar-refractivity contribution in [2.75, 3.05) is 7.11 Å². The lowest BCUT2D eigenvalue weighted by Gasteiger charge is -2.28. The van der Waals surface area contributed by atoms with Crippen LogP contribution in [0.4, 0.5) is 30.7 Å². The molecule has 27 heavy (non-hydrogen) atoms. The molecule has 0 aliphatic heterocycles. The van der Waals surface area contributed by atoms with Crippen molar-refractivity contribution in [3.05, 3.63) is 53.1 Å². The quantitative estimate of drug-likeness (QED) is 0.140. The Kier molecular flexibility index (Phi) is 6.29. The number of alkyl halides is 7. The van der Waals surface area contributed by atoms with E-state index < -0.39 is 52.7 Å². The van der Waals surface area contributed by atoms with Gasteiger partial charge in [-0.05, 0) is 0 Å². The van der Waals surface area contributed by atoms with E-state index in [4.69, 9.17) is 5.53 Å². The number of nitrogens with zero attached hydrogens (tertiary/aromatic N) is 2. The van der Waals surface area contributed by atoms with Gasteiger partial charge in [-0.2, -0.15) is 35.5 Å². The molecule has 0 atom stereocenters. The van der Waals surface area contributed by atoms with E-state index in [0.717, 1.165) is 12.1 Å². The molecule has 0 unspecified atom stereocenters. The van der Waals surface area contributed by atoms with Gasteiger partial charge in [-0.15, -0.1) is 0 Å². The minimum atomic E-state index is -6.75. The second-order valence-corrected chi connectivity index (χ2v) is 4.87. The van der Waals surface area contributed by atoms with Gasteiger partial charge in [-0.1, -0.05) is 30.3 Å². The number of carbonyl (C=O) groups is 2. The van der Waals surface area contributed by atoms with Crippen molar-refractivity contribution in [1.82, 2.24) is 0 Å². The summed E-state index contributed by atoms with van der Waals surface area (Å²) in [5.41, 5.74) is 4.03. The molecule has 0 saturated carbocycles. The molecule has 0 aliphatic carbocycles. The maximum atomic E-state index is 14.1. The highest BCUT2D eigenvalue weighted by Gasteiger charge is 2.76. The first-order chi connectivity index (χ1) is 12.3. The van der Waals surface area contributed by atoms with Crippen LogP contribution < -0.4 is 0 Å². The molecule has 0 spiro atoms. The molecule has 0 N–H and O–H groups in total. The summed E-state index contributed by atoms with van der Waals surface area (Å²) in [6, 6.07) is 5.79. The summed E-state index contributed by atoms with van der Waals surface area (Å²) < 4.78 is 96.1. The number of methoxy groups -OCH3 is 1. The number of hydrogen-bond acceptors (Lipinski definition) is 3. The fraction of sp³-hybridized carbons (Fsp3) is 0.267. The monoisotopic (exact) mass is 398 g/mol. The molecule has 0 saturated heterocycles. The number of benzene rings is 1. The van der Waals surface area contributed by atoms with Crippen molar-refractivity contribution >= 4 is 17.5 Å². The number of Topliss-reactive ketones (excluding diaryl/α,β-unsaturated/α-hetero) is 1. The molecule has 5 nitrogen and oxygen atoms in total. The maximum absolute atomic E-state index is 14.1. The average Bonchev–Trinajstić information content (AvgIpc) is 2.60. The molecule has 0 heterocycles.